The van der Waals surface area contributed by atoms with Gasteiger partial charge in [-0.1, -0.05) is 0 Å². The van der Waals surface area contributed by atoms with Crippen LogP contribution in [0, 0.1) is 0 Å². The minimum Gasteiger partial charge on any atom is -0.493 e. The second kappa shape index (κ2) is 7.91. The highest BCUT2D eigenvalue weighted by Crippen LogP contribution is 2.33. The Labute approximate surface area is 162 Å². The van der Waals surface area contributed by atoms with Crippen LogP contribution in [0.15, 0.2) is 42.5 Å². The number of aromatic nitrogens is 2. The highest BCUT2D eigenvalue weighted by molar-refractivity contribution is 5.98. The summed E-state index contributed by atoms with van der Waals surface area (Å²) in [5, 5.41) is 4.16. The maximum absolute atomic E-state index is 13.1. The lowest BCUT2D eigenvalue weighted by atomic mass is 10.1. The smallest absolute Gasteiger partial charge is 0.278 e. The van der Waals surface area contributed by atoms with Crippen molar-refractivity contribution in [1.82, 2.24) is 9.78 Å². The van der Waals surface area contributed by atoms with Crippen molar-refractivity contribution in [2.45, 2.75) is 0 Å². The van der Waals surface area contributed by atoms with E-state index in [9.17, 15) is 4.79 Å². The number of ether oxygens (including phenoxy) is 4. The standard InChI is InChI=1S/C20H21N3O5/c1-25-15-7-5-12(9-17(15)27-3)14-11-19(21)22-23(14)20(24)13-6-8-16(26-2)18(10-13)28-4/h5-11H,1-4H3,(H2,21,22). The molecule has 0 amide bonds. The van der Waals surface area contributed by atoms with Gasteiger partial charge in [-0.2, -0.15) is 4.68 Å². The fraction of sp³-hybridized carbons (Fsp3) is 0.200. The van der Waals surface area contributed by atoms with Crippen molar-refractivity contribution in [2.75, 3.05) is 34.2 Å². The minimum absolute atomic E-state index is 0.221. The van der Waals surface area contributed by atoms with E-state index in [1.165, 1.54) is 18.9 Å². The van der Waals surface area contributed by atoms with Crippen molar-refractivity contribution in [3.63, 3.8) is 0 Å². The fourth-order valence-corrected chi connectivity index (χ4v) is 2.85. The number of carbonyl (C=O) groups excluding carboxylic acids is 1. The monoisotopic (exact) mass is 383 g/mol. The Morgan fingerprint density at radius 3 is 2.00 bits per heavy atom. The minimum atomic E-state index is -0.359. The molecule has 2 aromatic carbocycles. The van der Waals surface area contributed by atoms with Crippen LogP contribution in [0.5, 0.6) is 23.0 Å². The summed E-state index contributed by atoms with van der Waals surface area (Å²) in [4.78, 5) is 13.1. The molecule has 2 N–H and O–H groups in total. The van der Waals surface area contributed by atoms with E-state index in [0.29, 0.717) is 39.8 Å². The van der Waals surface area contributed by atoms with Crippen molar-refractivity contribution < 1.29 is 23.7 Å². The molecule has 28 heavy (non-hydrogen) atoms. The third-order valence-corrected chi connectivity index (χ3v) is 4.23. The van der Waals surface area contributed by atoms with Crippen molar-refractivity contribution in [3.05, 3.63) is 48.0 Å². The predicted octanol–water partition coefficient (Wildman–Crippen LogP) is 2.86. The third kappa shape index (κ3) is 3.44. The molecule has 3 aromatic rings. The van der Waals surface area contributed by atoms with Crippen molar-refractivity contribution in [2.24, 2.45) is 0 Å². The average Bonchev–Trinajstić information content (AvgIpc) is 3.13. The van der Waals surface area contributed by atoms with Gasteiger partial charge in [0.25, 0.3) is 5.91 Å². The summed E-state index contributed by atoms with van der Waals surface area (Å²) in [7, 11) is 6.14. The zero-order valence-corrected chi connectivity index (χ0v) is 16.1. The Balaban J connectivity index is 2.07. The fourth-order valence-electron chi connectivity index (χ4n) is 2.85. The Kier molecular flexibility index (Phi) is 5.39. The molecule has 0 aliphatic heterocycles. The summed E-state index contributed by atoms with van der Waals surface area (Å²) in [6.07, 6.45) is 0. The summed E-state index contributed by atoms with van der Waals surface area (Å²) < 4.78 is 22.3. The number of nitrogens with two attached hydrogens (primary N) is 1. The summed E-state index contributed by atoms with van der Waals surface area (Å²) in [6, 6.07) is 11.8. The van der Waals surface area contributed by atoms with E-state index in [-0.39, 0.29) is 11.7 Å². The Hall–Kier alpha value is -3.68. The zero-order chi connectivity index (χ0) is 20.3. The third-order valence-electron chi connectivity index (χ3n) is 4.23. The molecule has 146 valence electrons. The van der Waals surface area contributed by atoms with E-state index in [0.717, 1.165) is 0 Å². The van der Waals surface area contributed by atoms with Crippen LogP contribution in [0.2, 0.25) is 0 Å². The first-order valence-electron chi connectivity index (χ1n) is 8.37. The number of carbonyl (C=O) groups is 1. The van der Waals surface area contributed by atoms with Gasteiger partial charge in [-0.3, -0.25) is 4.79 Å². The first-order chi connectivity index (χ1) is 13.5. The largest absolute Gasteiger partial charge is 0.493 e. The van der Waals surface area contributed by atoms with E-state index >= 15 is 0 Å². The van der Waals surface area contributed by atoms with Gasteiger partial charge in [0.15, 0.2) is 23.0 Å². The van der Waals surface area contributed by atoms with E-state index in [4.69, 9.17) is 24.7 Å². The lowest BCUT2D eigenvalue weighted by Crippen LogP contribution is -2.15. The molecule has 8 heteroatoms. The van der Waals surface area contributed by atoms with Crippen LogP contribution in [-0.4, -0.2) is 44.1 Å². The van der Waals surface area contributed by atoms with E-state index in [1.807, 2.05) is 0 Å². The van der Waals surface area contributed by atoms with Crippen LogP contribution in [0.3, 0.4) is 0 Å². The number of anilines is 1. The molecule has 0 atom stereocenters. The van der Waals surface area contributed by atoms with Crippen LogP contribution in [0.25, 0.3) is 11.3 Å². The maximum atomic E-state index is 13.1. The van der Waals surface area contributed by atoms with Crippen molar-refractivity contribution in [3.8, 4) is 34.3 Å². The average molecular weight is 383 g/mol. The van der Waals surface area contributed by atoms with Crippen molar-refractivity contribution >= 4 is 11.7 Å². The SMILES string of the molecule is COc1ccc(C(=O)n2nc(N)cc2-c2ccc(OC)c(OC)c2)cc1OC. The quantitative estimate of drug-likeness (QED) is 0.699. The van der Waals surface area contributed by atoms with Gasteiger partial charge in [-0.05, 0) is 36.4 Å². The summed E-state index contributed by atoms with van der Waals surface area (Å²) >= 11 is 0. The number of benzene rings is 2. The maximum Gasteiger partial charge on any atom is 0.278 e. The molecule has 0 aliphatic rings. The van der Waals surface area contributed by atoms with Crippen LogP contribution in [-0.2, 0) is 0 Å². The Morgan fingerprint density at radius 1 is 0.821 bits per heavy atom. The van der Waals surface area contributed by atoms with Gasteiger partial charge in [-0.15, -0.1) is 5.10 Å². The number of hydrogen-bond acceptors (Lipinski definition) is 7. The molecular weight excluding hydrogens is 362 g/mol. The zero-order valence-electron chi connectivity index (χ0n) is 16.1. The first-order valence-corrected chi connectivity index (χ1v) is 8.37. The first kappa shape index (κ1) is 19.1. The van der Waals surface area contributed by atoms with Gasteiger partial charge >= 0.3 is 0 Å². The molecule has 0 radical (unpaired) electrons. The predicted molar refractivity (Wildman–Crippen MR) is 104 cm³/mol. The molecule has 1 aromatic heterocycles. The second-order valence-electron chi connectivity index (χ2n) is 5.81. The summed E-state index contributed by atoms with van der Waals surface area (Å²) in [6.45, 7) is 0. The second-order valence-corrected chi connectivity index (χ2v) is 5.81. The van der Waals surface area contributed by atoms with E-state index in [1.54, 1.807) is 56.7 Å². The van der Waals surface area contributed by atoms with Gasteiger partial charge in [0, 0.05) is 17.2 Å². The topological polar surface area (TPSA) is 97.8 Å². The number of rotatable bonds is 6. The normalized spacial score (nSPS) is 10.4. The van der Waals surface area contributed by atoms with Gasteiger partial charge in [0.05, 0.1) is 34.1 Å². The highest BCUT2D eigenvalue weighted by Gasteiger charge is 2.19. The van der Waals surface area contributed by atoms with Gasteiger partial charge in [0.2, 0.25) is 0 Å². The van der Waals surface area contributed by atoms with Gasteiger partial charge in [-0.25, -0.2) is 0 Å². The summed E-state index contributed by atoms with van der Waals surface area (Å²) in [5.41, 5.74) is 7.48. The molecule has 0 fully saturated rings. The van der Waals surface area contributed by atoms with Crippen LogP contribution in [0.1, 0.15) is 10.4 Å². The van der Waals surface area contributed by atoms with Crippen LogP contribution in [0.4, 0.5) is 5.82 Å². The highest BCUT2D eigenvalue weighted by atomic mass is 16.5. The molecule has 0 saturated carbocycles. The van der Waals surface area contributed by atoms with Crippen LogP contribution >= 0.6 is 0 Å². The van der Waals surface area contributed by atoms with Gasteiger partial charge in [0.1, 0.15) is 5.82 Å². The molecule has 0 aliphatic carbocycles. The van der Waals surface area contributed by atoms with E-state index < -0.39 is 0 Å². The molecule has 0 bridgehead atoms. The van der Waals surface area contributed by atoms with Crippen LogP contribution < -0.4 is 24.7 Å². The number of nitrogens with zero attached hydrogens (tertiary/aromatic N) is 2. The van der Waals surface area contributed by atoms with E-state index in [2.05, 4.69) is 5.10 Å². The molecule has 1 heterocycles. The molecule has 0 unspecified atom stereocenters. The lowest BCUT2D eigenvalue weighted by Gasteiger charge is -2.12. The van der Waals surface area contributed by atoms with Crippen molar-refractivity contribution in [1.29, 1.82) is 0 Å². The number of nitrogen functional groups attached to an aromatic ring is 1. The number of methoxy groups -OCH3 is 4. The summed E-state index contributed by atoms with van der Waals surface area (Å²) in [5.74, 6) is 1.95. The molecule has 3 rings (SSSR count). The Morgan fingerprint density at radius 2 is 1.39 bits per heavy atom. The molecule has 8 nitrogen and oxygen atoms in total. The molecule has 0 spiro atoms. The lowest BCUT2D eigenvalue weighted by molar-refractivity contribution is 0.0947. The number of hydrogen-bond donors (Lipinski definition) is 1. The molecule has 0 saturated heterocycles. The Bertz CT molecular complexity index is 1010. The molecular formula is C20H21N3O5. The van der Waals surface area contributed by atoms with Gasteiger partial charge < -0.3 is 24.7 Å².